The van der Waals surface area contributed by atoms with Crippen molar-refractivity contribution in [3.63, 3.8) is 0 Å². The molecule has 1 aromatic carbocycles. The van der Waals surface area contributed by atoms with Gasteiger partial charge in [0.2, 0.25) is 0 Å². The third-order valence-electron chi connectivity index (χ3n) is 4.39. The van der Waals surface area contributed by atoms with Crippen molar-refractivity contribution >= 4 is 17.4 Å². The monoisotopic (exact) mass is 357 g/mol. The molecule has 1 aliphatic heterocycles. The molecule has 1 aliphatic rings. The van der Waals surface area contributed by atoms with Gasteiger partial charge in [0.05, 0.1) is 38.8 Å². The van der Waals surface area contributed by atoms with Crippen LogP contribution in [0.4, 0.5) is 11.5 Å². The molecule has 0 spiro atoms. The van der Waals surface area contributed by atoms with E-state index in [9.17, 15) is 4.79 Å². The first-order valence-corrected chi connectivity index (χ1v) is 8.48. The number of aromatic nitrogens is 1. The molecular formula is C19H23N3O4. The van der Waals surface area contributed by atoms with Crippen molar-refractivity contribution < 1.29 is 19.0 Å². The quantitative estimate of drug-likeness (QED) is 0.857. The predicted octanol–water partition coefficient (Wildman–Crippen LogP) is 2.96. The first-order valence-electron chi connectivity index (χ1n) is 8.48. The second-order valence-electron chi connectivity index (χ2n) is 5.96. The van der Waals surface area contributed by atoms with E-state index in [1.54, 1.807) is 18.3 Å². The Bertz CT molecular complexity index is 771. The van der Waals surface area contributed by atoms with Gasteiger partial charge in [0, 0.05) is 25.2 Å². The number of carbonyl (C=O) groups excluding carboxylic acids is 1. The second-order valence-corrected chi connectivity index (χ2v) is 5.96. The summed E-state index contributed by atoms with van der Waals surface area (Å²) >= 11 is 0. The minimum Gasteiger partial charge on any atom is -0.496 e. The molecule has 0 aliphatic carbocycles. The Hall–Kier alpha value is -2.96. The number of hydrogen-bond donors (Lipinski definition) is 1. The van der Waals surface area contributed by atoms with E-state index in [0.717, 1.165) is 18.9 Å². The maximum absolute atomic E-state index is 12.7. The minimum absolute atomic E-state index is 0.307. The van der Waals surface area contributed by atoms with Crippen molar-refractivity contribution in [3.05, 3.63) is 36.0 Å². The van der Waals surface area contributed by atoms with Gasteiger partial charge in [-0.25, -0.2) is 4.98 Å². The van der Waals surface area contributed by atoms with E-state index in [0.29, 0.717) is 28.5 Å². The maximum Gasteiger partial charge on any atom is 0.259 e. The van der Waals surface area contributed by atoms with Crippen LogP contribution in [-0.2, 0) is 0 Å². The normalized spacial score (nSPS) is 13.4. The summed E-state index contributed by atoms with van der Waals surface area (Å²) in [5.41, 5.74) is 0.976. The number of methoxy groups -OCH3 is 3. The van der Waals surface area contributed by atoms with E-state index < -0.39 is 0 Å². The molecule has 1 aromatic heterocycles. The highest BCUT2D eigenvalue weighted by atomic mass is 16.5. The zero-order chi connectivity index (χ0) is 18.5. The van der Waals surface area contributed by atoms with Gasteiger partial charge in [-0.2, -0.15) is 0 Å². The van der Waals surface area contributed by atoms with Crippen LogP contribution in [0.25, 0.3) is 0 Å². The van der Waals surface area contributed by atoms with Gasteiger partial charge in [-0.05, 0) is 25.0 Å². The lowest BCUT2D eigenvalue weighted by atomic mass is 10.1. The van der Waals surface area contributed by atoms with E-state index in [4.69, 9.17) is 14.2 Å². The number of nitrogens with zero attached hydrogens (tertiary/aromatic N) is 2. The van der Waals surface area contributed by atoms with Crippen LogP contribution >= 0.6 is 0 Å². The molecule has 7 nitrogen and oxygen atoms in total. The summed E-state index contributed by atoms with van der Waals surface area (Å²) in [7, 11) is 4.56. The van der Waals surface area contributed by atoms with Gasteiger partial charge in [0.15, 0.2) is 11.5 Å². The molecule has 1 fully saturated rings. The number of rotatable bonds is 6. The Labute approximate surface area is 152 Å². The van der Waals surface area contributed by atoms with Crippen molar-refractivity contribution in [3.8, 4) is 17.2 Å². The average Bonchev–Trinajstić information content (AvgIpc) is 3.22. The van der Waals surface area contributed by atoms with Gasteiger partial charge in [0.1, 0.15) is 11.6 Å². The second kappa shape index (κ2) is 7.95. The third-order valence-corrected chi connectivity index (χ3v) is 4.39. The summed E-state index contributed by atoms with van der Waals surface area (Å²) < 4.78 is 15.8. The summed E-state index contributed by atoms with van der Waals surface area (Å²) in [4.78, 5) is 19.4. The Kier molecular flexibility index (Phi) is 5.46. The van der Waals surface area contributed by atoms with Crippen molar-refractivity contribution in [1.82, 2.24) is 4.98 Å². The number of anilines is 2. The summed E-state index contributed by atoms with van der Waals surface area (Å²) in [6, 6.07) is 7.00. The van der Waals surface area contributed by atoms with Crippen molar-refractivity contribution in [2.75, 3.05) is 44.6 Å². The lowest BCUT2D eigenvalue weighted by molar-refractivity contribution is 0.102. The highest BCUT2D eigenvalue weighted by Gasteiger charge is 2.18. The number of benzene rings is 1. The largest absolute Gasteiger partial charge is 0.496 e. The molecule has 0 atom stereocenters. The Morgan fingerprint density at radius 3 is 2.23 bits per heavy atom. The smallest absolute Gasteiger partial charge is 0.259 e. The number of amides is 1. The average molecular weight is 357 g/mol. The highest BCUT2D eigenvalue weighted by Crippen LogP contribution is 2.35. The van der Waals surface area contributed by atoms with E-state index >= 15 is 0 Å². The SMILES string of the molecule is COc1cc(OC)c(C(=O)Nc2ccc(N3CCCC3)nc2)cc1OC. The summed E-state index contributed by atoms with van der Waals surface area (Å²) in [6.45, 7) is 2.06. The first-order chi connectivity index (χ1) is 12.7. The lowest BCUT2D eigenvalue weighted by Crippen LogP contribution is -2.19. The molecule has 1 N–H and O–H groups in total. The van der Waals surface area contributed by atoms with E-state index in [-0.39, 0.29) is 5.91 Å². The molecule has 0 bridgehead atoms. The van der Waals surface area contributed by atoms with Gasteiger partial charge in [0.25, 0.3) is 5.91 Å². The van der Waals surface area contributed by atoms with E-state index in [1.807, 2.05) is 12.1 Å². The molecule has 0 saturated carbocycles. The molecule has 26 heavy (non-hydrogen) atoms. The van der Waals surface area contributed by atoms with Crippen molar-refractivity contribution in [2.24, 2.45) is 0 Å². The topological polar surface area (TPSA) is 72.9 Å². The number of nitrogens with one attached hydrogen (secondary N) is 1. The fourth-order valence-corrected chi connectivity index (χ4v) is 3.00. The number of pyridine rings is 1. The van der Waals surface area contributed by atoms with E-state index in [1.165, 1.54) is 34.2 Å². The van der Waals surface area contributed by atoms with Gasteiger partial charge in [-0.3, -0.25) is 4.79 Å². The highest BCUT2D eigenvalue weighted by molar-refractivity contribution is 6.06. The van der Waals surface area contributed by atoms with Crippen molar-refractivity contribution in [1.29, 1.82) is 0 Å². The molecule has 138 valence electrons. The molecule has 0 unspecified atom stereocenters. The van der Waals surface area contributed by atoms with Gasteiger partial charge in [-0.15, -0.1) is 0 Å². The minimum atomic E-state index is -0.307. The van der Waals surface area contributed by atoms with Gasteiger partial charge in [-0.1, -0.05) is 0 Å². The molecule has 7 heteroatoms. The molecule has 3 rings (SSSR count). The summed E-state index contributed by atoms with van der Waals surface area (Å²) in [5.74, 6) is 1.99. The summed E-state index contributed by atoms with van der Waals surface area (Å²) in [6.07, 6.45) is 4.05. The zero-order valence-corrected chi connectivity index (χ0v) is 15.2. The third kappa shape index (κ3) is 3.66. The lowest BCUT2D eigenvalue weighted by Gasteiger charge is -2.17. The Morgan fingerprint density at radius 1 is 1.00 bits per heavy atom. The van der Waals surface area contributed by atoms with E-state index in [2.05, 4.69) is 15.2 Å². The van der Waals surface area contributed by atoms with Crippen LogP contribution in [-0.4, -0.2) is 45.3 Å². The summed E-state index contributed by atoms with van der Waals surface area (Å²) in [5, 5.41) is 2.84. The van der Waals surface area contributed by atoms with Crippen LogP contribution in [0.3, 0.4) is 0 Å². The molecule has 2 aromatic rings. The first kappa shape index (κ1) is 17.8. The van der Waals surface area contributed by atoms with Crippen LogP contribution in [0, 0.1) is 0 Å². The Balaban J connectivity index is 1.78. The standard InChI is InChI=1S/C19H23N3O4/c1-24-15-11-17(26-3)16(25-2)10-14(15)19(23)21-13-6-7-18(20-12-13)22-8-4-5-9-22/h6-7,10-12H,4-5,8-9H2,1-3H3,(H,21,23). The Morgan fingerprint density at radius 2 is 1.65 bits per heavy atom. The van der Waals surface area contributed by atoms with Gasteiger partial charge >= 0.3 is 0 Å². The molecule has 1 saturated heterocycles. The maximum atomic E-state index is 12.7. The predicted molar refractivity (Wildman–Crippen MR) is 99.7 cm³/mol. The number of ether oxygens (including phenoxy) is 3. The van der Waals surface area contributed by atoms with Crippen LogP contribution in [0.5, 0.6) is 17.2 Å². The molecule has 0 radical (unpaired) electrons. The van der Waals surface area contributed by atoms with Crippen LogP contribution in [0.15, 0.2) is 30.5 Å². The van der Waals surface area contributed by atoms with Crippen LogP contribution < -0.4 is 24.4 Å². The molecular weight excluding hydrogens is 334 g/mol. The molecule has 2 heterocycles. The number of carbonyl (C=O) groups is 1. The van der Waals surface area contributed by atoms with Gasteiger partial charge < -0.3 is 24.4 Å². The number of hydrogen-bond acceptors (Lipinski definition) is 6. The van der Waals surface area contributed by atoms with Crippen LogP contribution in [0.2, 0.25) is 0 Å². The molecule has 1 amide bonds. The zero-order valence-electron chi connectivity index (χ0n) is 15.2. The van der Waals surface area contributed by atoms with Crippen molar-refractivity contribution in [2.45, 2.75) is 12.8 Å². The fourth-order valence-electron chi connectivity index (χ4n) is 3.00. The fraction of sp³-hybridized carbons (Fsp3) is 0.368. The van der Waals surface area contributed by atoms with Crippen LogP contribution in [0.1, 0.15) is 23.2 Å².